The molecule has 0 radical (unpaired) electrons. The van der Waals surface area contributed by atoms with Crippen molar-refractivity contribution in [2.75, 3.05) is 11.9 Å². The van der Waals surface area contributed by atoms with E-state index in [4.69, 9.17) is 0 Å². The summed E-state index contributed by atoms with van der Waals surface area (Å²) >= 11 is 0. The Labute approximate surface area is 76.7 Å². The Morgan fingerprint density at radius 2 is 2.31 bits per heavy atom. The number of halogens is 1. The van der Waals surface area contributed by atoms with E-state index in [2.05, 4.69) is 15.3 Å². The summed E-state index contributed by atoms with van der Waals surface area (Å²) in [6.07, 6.45) is 4.56. The van der Waals surface area contributed by atoms with Crippen LogP contribution in [0.4, 0.5) is 10.2 Å². The van der Waals surface area contributed by atoms with Gasteiger partial charge in [-0.1, -0.05) is 11.6 Å². The van der Waals surface area contributed by atoms with E-state index in [1.165, 1.54) is 11.8 Å². The smallest absolute Gasteiger partial charge is 0.233 e. The van der Waals surface area contributed by atoms with E-state index < -0.39 is 5.95 Å². The molecule has 1 aromatic rings. The molecule has 13 heavy (non-hydrogen) atoms. The van der Waals surface area contributed by atoms with Gasteiger partial charge in [-0.2, -0.15) is 9.37 Å². The van der Waals surface area contributed by atoms with Crippen LogP contribution in [-0.4, -0.2) is 16.5 Å². The molecule has 1 aromatic heterocycles. The molecule has 0 atom stereocenters. The van der Waals surface area contributed by atoms with Crippen LogP contribution in [0.3, 0.4) is 0 Å². The first kappa shape index (κ1) is 9.64. The van der Waals surface area contributed by atoms with Gasteiger partial charge < -0.3 is 5.32 Å². The SMILES string of the molecule is CC(C)=CCNc1cncc(F)n1. The number of hydrogen-bond acceptors (Lipinski definition) is 3. The second-order valence-corrected chi connectivity index (χ2v) is 2.89. The predicted octanol–water partition coefficient (Wildman–Crippen LogP) is 1.99. The van der Waals surface area contributed by atoms with Crippen LogP contribution in [0.25, 0.3) is 0 Å². The fourth-order valence-corrected chi connectivity index (χ4v) is 0.787. The fraction of sp³-hybridized carbons (Fsp3) is 0.333. The number of rotatable bonds is 3. The maximum Gasteiger partial charge on any atom is 0.233 e. The van der Waals surface area contributed by atoms with Gasteiger partial charge in [-0.25, -0.2) is 0 Å². The number of nitrogens with one attached hydrogen (secondary N) is 1. The van der Waals surface area contributed by atoms with E-state index in [1.807, 2.05) is 19.9 Å². The molecule has 0 aliphatic carbocycles. The summed E-state index contributed by atoms with van der Waals surface area (Å²) in [6.45, 7) is 4.64. The predicted molar refractivity (Wildman–Crippen MR) is 49.9 cm³/mol. The quantitative estimate of drug-likeness (QED) is 0.725. The second kappa shape index (κ2) is 4.54. The Kier molecular flexibility index (Phi) is 3.37. The molecule has 0 unspecified atom stereocenters. The van der Waals surface area contributed by atoms with E-state index in [0.29, 0.717) is 12.4 Å². The van der Waals surface area contributed by atoms with E-state index in [1.54, 1.807) is 0 Å². The van der Waals surface area contributed by atoms with Gasteiger partial charge in [0.15, 0.2) is 0 Å². The molecule has 4 heteroatoms. The maximum atomic E-state index is 12.5. The summed E-state index contributed by atoms with van der Waals surface area (Å²) in [5, 5.41) is 2.93. The zero-order chi connectivity index (χ0) is 9.68. The van der Waals surface area contributed by atoms with Crippen molar-refractivity contribution in [2.24, 2.45) is 0 Å². The lowest BCUT2D eigenvalue weighted by molar-refractivity contribution is 0.578. The summed E-state index contributed by atoms with van der Waals surface area (Å²) in [5.74, 6) is -0.111. The number of hydrogen-bond donors (Lipinski definition) is 1. The molecule has 0 spiro atoms. The lowest BCUT2D eigenvalue weighted by atomic mass is 10.3. The van der Waals surface area contributed by atoms with Crippen LogP contribution in [0.1, 0.15) is 13.8 Å². The molecule has 70 valence electrons. The third kappa shape index (κ3) is 3.64. The van der Waals surface area contributed by atoms with E-state index in [0.717, 1.165) is 6.20 Å². The molecule has 0 saturated heterocycles. The topological polar surface area (TPSA) is 37.8 Å². The minimum Gasteiger partial charge on any atom is -0.365 e. The summed E-state index contributed by atoms with van der Waals surface area (Å²) in [5.41, 5.74) is 1.21. The van der Waals surface area contributed by atoms with Crippen LogP contribution >= 0.6 is 0 Å². The van der Waals surface area contributed by atoms with Crippen molar-refractivity contribution >= 4 is 5.82 Å². The molecule has 0 fully saturated rings. The lowest BCUT2D eigenvalue weighted by Gasteiger charge is -2.00. The van der Waals surface area contributed by atoms with Crippen molar-refractivity contribution in [3.05, 3.63) is 30.0 Å². The highest BCUT2D eigenvalue weighted by Crippen LogP contribution is 2.00. The molecule has 0 bridgehead atoms. The third-order valence-corrected chi connectivity index (χ3v) is 1.40. The standard InChI is InChI=1S/C9H12FN3/c1-7(2)3-4-12-9-6-11-5-8(10)13-9/h3,5-6H,4H2,1-2H3,(H,12,13). The molecule has 3 nitrogen and oxygen atoms in total. The first-order valence-corrected chi connectivity index (χ1v) is 4.03. The highest BCUT2D eigenvalue weighted by molar-refractivity contribution is 5.31. The van der Waals surface area contributed by atoms with Gasteiger partial charge in [0.05, 0.1) is 12.4 Å². The molecule has 0 aromatic carbocycles. The van der Waals surface area contributed by atoms with Gasteiger partial charge in [-0.05, 0) is 13.8 Å². The minimum absolute atomic E-state index is 0.456. The number of anilines is 1. The molecular formula is C9H12FN3. The molecule has 1 rings (SSSR count). The number of nitrogens with zero attached hydrogens (tertiary/aromatic N) is 2. The van der Waals surface area contributed by atoms with Gasteiger partial charge in [0.2, 0.25) is 5.95 Å². The molecule has 0 amide bonds. The Hall–Kier alpha value is -1.45. The van der Waals surface area contributed by atoms with Crippen molar-refractivity contribution in [1.29, 1.82) is 0 Å². The van der Waals surface area contributed by atoms with Crippen molar-refractivity contribution in [3.8, 4) is 0 Å². The molecule has 0 aliphatic heterocycles. The first-order chi connectivity index (χ1) is 6.18. The van der Waals surface area contributed by atoms with Crippen LogP contribution in [0, 0.1) is 5.95 Å². The summed E-state index contributed by atoms with van der Waals surface area (Å²) in [7, 11) is 0. The highest BCUT2D eigenvalue weighted by Gasteiger charge is 1.94. The van der Waals surface area contributed by atoms with Crippen LogP contribution in [-0.2, 0) is 0 Å². The van der Waals surface area contributed by atoms with Crippen LogP contribution < -0.4 is 5.32 Å². The molecule has 1 heterocycles. The maximum absolute atomic E-state index is 12.5. The van der Waals surface area contributed by atoms with Gasteiger partial charge >= 0.3 is 0 Å². The van der Waals surface area contributed by atoms with Gasteiger partial charge in [-0.15, -0.1) is 0 Å². The Morgan fingerprint density at radius 3 is 2.92 bits per heavy atom. The van der Waals surface area contributed by atoms with Crippen molar-refractivity contribution in [3.63, 3.8) is 0 Å². The van der Waals surface area contributed by atoms with Gasteiger partial charge in [0.1, 0.15) is 5.82 Å². The van der Waals surface area contributed by atoms with Gasteiger partial charge in [0.25, 0.3) is 0 Å². The Balaban J connectivity index is 2.50. The van der Waals surface area contributed by atoms with E-state index in [-0.39, 0.29) is 0 Å². The largest absolute Gasteiger partial charge is 0.365 e. The van der Waals surface area contributed by atoms with Crippen LogP contribution in [0.5, 0.6) is 0 Å². The van der Waals surface area contributed by atoms with Crippen molar-refractivity contribution < 1.29 is 4.39 Å². The van der Waals surface area contributed by atoms with Crippen molar-refractivity contribution in [2.45, 2.75) is 13.8 Å². The monoisotopic (exact) mass is 181 g/mol. The van der Waals surface area contributed by atoms with E-state index >= 15 is 0 Å². The molecule has 0 aliphatic rings. The van der Waals surface area contributed by atoms with Gasteiger partial charge in [0, 0.05) is 6.54 Å². The lowest BCUT2D eigenvalue weighted by Crippen LogP contribution is -2.02. The normalized spacial score (nSPS) is 9.46. The molecular weight excluding hydrogens is 169 g/mol. The second-order valence-electron chi connectivity index (χ2n) is 2.89. The van der Waals surface area contributed by atoms with Crippen LogP contribution in [0.2, 0.25) is 0 Å². The highest BCUT2D eigenvalue weighted by atomic mass is 19.1. The zero-order valence-electron chi connectivity index (χ0n) is 7.71. The average molecular weight is 181 g/mol. The van der Waals surface area contributed by atoms with E-state index in [9.17, 15) is 4.39 Å². The molecule has 1 N–H and O–H groups in total. The summed E-state index contributed by atoms with van der Waals surface area (Å²) in [6, 6.07) is 0. The summed E-state index contributed by atoms with van der Waals surface area (Å²) < 4.78 is 12.5. The number of aromatic nitrogens is 2. The van der Waals surface area contributed by atoms with Crippen LogP contribution in [0.15, 0.2) is 24.0 Å². The van der Waals surface area contributed by atoms with Gasteiger partial charge in [-0.3, -0.25) is 4.98 Å². The fourth-order valence-electron chi connectivity index (χ4n) is 0.787. The molecule has 0 saturated carbocycles. The average Bonchev–Trinajstić information content (AvgIpc) is 2.03. The summed E-state index contributed by atoms with van der Waals surface area (Å²) in [4.78, 5) is 7.26. The zero-order valence-corrected chi connectivity index (χ0v) is 7.71. The number of allylic oxidation sites excluding steroid dienone is 1. The Bertz CT molecular complexity index is 305. The first-order valence-electron chi connectivity index (χ1n) is 4.03. The third-order valence-electron chi connectivity index (χ3n) is 1.40. The van der Waals surface area contributed by atoms with Crippen molar-refractivity contribution in [1.82, 2.24) is 9.97 Å². The Morgan fingerprint density at radius 1 is 1.54 bits per heavy atom. The minimum atomic E-state index is -0.567.